The first-order chi connectivity index (χ1) is 9.72. The lowest BCUT2D eigenvalue weighted by atomic mass is 10.1. The number of benzene rings is 1. The smallest absolute Gasteiger partial charge is 0.247 e. The van der Waals surface area contributed by atoms with E-state index < -0.39 is 0 Å². The molecule has 0 bridgehead atoms. The van der Waals surface area contributed by atoms with Crippen molar-refractivity contribution in [3.05, 3.63) is 54.3 Å². The molecule has 2 heterocycles. The second-order valence-corrected chi connectivity index (χ2v) is 4.64. The Morgan fingerprint density at radius 1 is 1.20 bits per heavy atom. The molecule has 0 saturated heterocycles. The summed E-state index contributed by atoms with van der Waals surface area (Å²) in [6, 6.07) is 11.9. The monoisotopic (exact) mass is 269 g/mol. The Labute approximate surface area is 116 Å². The average Bonchev–Trinajstić information content (AvgIpc) is 3.10. The van der Waals surface area contributed by atoms with Crippen molar-refractivity contribution in [2.24, 2.45) is 0 Å². The van der Waals surface area contributed by atoms with Crippen molar-refractivity contribution in [2.45, 2.75) is 19.9 Å². The number of nitrogens with one attached hydrogen (secondary N) is 1. The van der Waals surface area contributed by atoms with Gasteiger partial charge < -0.3 is 14.2 Å². The molecule has 0 fully saturated rings. The fourth-order valence-corrected chi connectivity index (χ4v) is 2.05. The Bertz CT molecular complexity index is 689. The molecule has 3 aromatic rings. The number of rotatable bonds is 4. The minimum absolute atomic E-state index is 0.0848. The van der Waals surface area contributed by atoms with E-state index in [2.05, 4.69) is 22.4 Å². The van der Waals surface area contributed by atoms with Gasteiger partial charge in [-0.1, -0.05) is 6.07 Å². The summed E-state index contributed by atoms with van der Waals surface area (Å²) in [5.41, 5.74) is 1.86. The summed E-state index contributed by atoms with van der Waals surface area (Å²) in [4.78, 5) is 0. The van der Waals surface area contributed by atoms with Crippen molar-refractivity contribution in [1.29, 1.82) is 0 Å². The van der Waals surface area contributed by atoms with E-state index in [1.165, 1.54) is 6.39 Å². The maximum absolute atomic E-state index is 5.62. The van der Waals surface area contributed by atoms with Crippen LogP contribution in [0.1, 0.15) is 24.5 Å². The topological polar surface area (TPSA) is 64.1 Å². The highest BCUT2D eigenvalue weighted by Gasteiger charge is 2.10. The van der Waals surface area contributed by atoms with Gasteiger partial charge in [-0.05, 0) is 44.2 Å². The lowest BCUT2D eigenvalue weighted by Gasteiger charge is -2.13. The van der Waals surface area contributed by atoms with Crippen molar-refractivity contribution in [2.75, 3.05) is 5.32 Å². The molecule has 1 atom stereocenters. The van der Waals surface area contributed by atoms with Gasteiger partial charge in [0.2, 0.25) is 12.3 Å². The molecule has 0 saturated carbocycles. The third-order valence-electron chi connectivity index (χ3n) is 3.04. The Balaban J connectivity index is 1.79. The lowest BCUT2D eigenvalue weighted by Crippen LogP contribution is -2.05. The van der Waals surface area contributed by atoms with Crippen molar-refractivity contribution >= 4 is 5.69 Å². The molecule has 0 aliphatic carbocycles. The molecule has 5 nitrogen and oxygen atoms in total. The van der Waals surface area contributed by atoms with Crippen LogP contribution in [-0.2, 0) is 0 Å². The highest BCUT2D eigenvalue weighted by molar-refractivity contribution is 5.61. The Kier molecular flexibility index (Phi) is 3.25. The van der Waals surface area contributed by atoms with Gasteiger partial charge in [0.15, 0.2) is 0 Å². The maximum atomic E-state index is 5.62. The van der Waals surface area contributed by atoms with Crippen LogP contribution in [0.4, 0.5) is 5.69 Å². The number of furan rings is 1. The van der Waals surface area contributed by atoms with Crippen LogP contribution < -0.4 is 5.32 Å². The molecule has 0 radical (unpaired) electrons. The molecule has 0 aliphatic rings. The fraction of sp³-hybridized carbons (Fsp3) is 0.200. The van der Waals surface area contributed by atoms with Crippen LogP contribution in [0.15, 0.2) is 51.6 Å². The van der Waals surface area contributed by atoms with Gasteiger partial charge in [-0.15, -0.1) is 10.2 Å². The van der Waals surface area contributed by atoms with Crippen LogP contribution in [0.2, 0.25) is 0 Å². The largest absolute Gasteiger partial charge is 0.464 e. The SMILES string of the molecule is Cc1ccc(C(C)Nc2cccc(-c3nnco3)c2)o1. The quantitative estimate of drug-likeness (QED) is 0.780. The van der Waals surface area contributed by atoms with Crippen molar-refractivity contribution < 1.29 is 8.83 Å². The first kappa shape index (κ1) is 12.5. The molecule has 20 heavy (non-hydrogen) atoms. The summed E-state index contributed by atoms with van der Waals surface area (Å²) in [6.45, 7) is 3.99. The number of anilines is 1. The van der Waals surface area contributed by atoms with Gasteiger partial charge in [0.1, 0.15) is 11.5 Å². The maximum Gasteiger partial charge on any atom is 0.247 e. The molecule has 1 unspecified atom stereocenters. The van der Waals surface area contributed by atoms with E-state index in [0.29, 0.717) is 5.89 Å². The molecule has 1 N–H and O–H groups in total. The second kappa shape index (κ2) is 5.21. The Morgan fingerprint density at radius 3 is 2.80 bits per heavy atom. The van der Waals surface area contributed by atoms with Gasteiger partial charge in [0, 0.05) is 11.3 Å². The zero-order chi connectivity index (χ0) is 13.9. The summed E-state index contributed by atoms with van der Waals surface area (Å²) in [6.07, 6.45) is 1.32. The Hall–Kier alpha value is -2.56. The number of aromatic nitrogens is 2. The summed E-state index contributed by atoms with van der Waals surface area (Å²) in [5.74, 6) is 2.33. The molecule has 0 spiro atoms. The predicted molar refractivity (Wildman–Crippen MR) is 75.2 cm³/mol. The zero-order valence-corrected chi connectivity index (χ0v) is 11.3. The van der Waals surface area contributed by atoms with Gasteiger partial charge in [-0.3, -0.25) is 0 Å². The highest BCUT2D eigenvalue weighted by Crippen LogP contribution is 2.24. The fourth-order valence-electron chi connectivity index (χ4n) is 2.05. The standard InChI is InChI=1S/C15H15N3O2/c1-10-6-7-14(20-10)11(2)17-13-5-3-4-12(8-13)15-18-16-9-19-15/h3-9,11,17H,1-2H3. The van der Waals surface area contributed by atoms with E-state index >= 15 is 0 Å². The minimum Gasteiger partial charge on any atom is -0.464 e. The molecule has 1 aromatic carbocycles. The van der Waals surface area contributed by atoms with Crippen LogP contribution >= 0.6 is 0 Å². The summed E-state index contributed by atoms with van der Waals surface area (Å²) >= 11 is 0. The minimum atomic E-state index is 0.0848. The van der Waals surface area contributed by atoms with Gasteiger partial charge in [-0.2, -0.15) is 0 Å². The molecule has 2 aromatic heterocycles. The normalized spacial score (nSPS) is 12.3. The van der Waals surface area contributed by atoms with Crippen molar-refractivity contribution in [3.8, 4) is 11.5 Å². The van der Waals surface area contributed by atoms with Gasteiger partial charge in [-0.25, -0.2) is 0 Å². The molecule has 0 amide bonds. The predicted octanol–water partition coefficient (Wildman–Crippen LogP) is 3.81. The first-order valence-corrected chi connectivity index (χ1v) is 6.42. The number of nitrogens with zero attached hydrogens (tertiary/aromatic N) is 2. The van der Waals surface area contributed by atoms with Crippen LogP contribution in [0, 0.1) is 6.92 Å². The summed E-state index contributed by atoms with van der Waals surface area (Å²) < 4.78 is 10.8. The van der Waals surface area contributed by atoms with E-state index in [1.54, 1.807) is 0 Å². The first-order valence-electron chi connectivity index (χ1n) is 6.42. The van der Waals surface area contributed by atoms with Crippen LogP contribution in [0.25, 0.3) is 11.5 Å². The van der Waals surface area contributed by atoms with Crippen LogP contribution in [0.5, 0.6) is 0 Å². The van der Waals surface area contributed by atoms with E-state index in [-0.39, 0.29) is 6.04 Å². The van der Waals surface area contributed by atoms with E-state index in [0.717, 1.165) is 22.8 Å². The van der Waals surface area contributed by atoms with Crippen molar-refractivity contribution in [3.63, 3.8) is 0 Å². The van der Waals surface area contributed by atoms with Gasteiger partial charge in [0.05, 0.1) is 6.04 Å². The molecule has 5 heteroatoms. The molecule has 3 rings (SSSR count). The van der Waals surface area contributed by atoms with Gasteiger partial charge in [0.25, 0.3) is 0 Å². The number of hydrogen-bond acceptors (Lipinski definition) is 5. The third-order valence-corrected chi connectivity index (χ3v) is 3.04. The van der Waals surface area contributed by atoms with Crippen LogP contribution in [0.3, 0.4) is 0 Å². The number of aryl methyl sites for hydroxylation is 1. The zero-order valence-electron chi connectivity index (χ0n) is 11.3. The average molecular weight is 269 g/mol. The summed E-state index contributed by atoms with van der Waals surface area (Å²) in [5, 5.41) is 11.0. The van der Waals surface area contributed by atoms with E-state index in [4.69, 9.17) is 8.83 Å². The molecule has 0 aliphatic heterocycles. The third kappa shape index (κ3) is 2.56. The Morgan fingerprint density at radius 2 is 2.10 bits per heavy atom. The molecular formula is C15H15N3O2. The van der Waals surface area contributed by atoms with Crippen molar-refractivity contribution in [1.82, 2.24) is 10.2 Å². The van der Waals surface area contributed by atoms with E-state index in [1.807, 2.05) is 43.3 Å². The highest BCUT2D eigenvalue weighted by atomic mass is 16.4. The number of hydrogen-bond donors (Lipinski definition) is 1. The van der Waals surface area contributed by atoms with Gasteiger partial charge >= 0.3 is 0 Å². The van der Waals surface area contributed by atoms with E-state index in [9.17, 15) is 0 Å². The second-order valence-electron chi connectivity index (χ2n) is 4.64. The summed E-state index contributed by atoms with van der Waals surface area (Å²) in [7, 11) is 0. The molecular weight excluding hydrogens is 254 g/mol. The lowest BCUT2D eigenvalue weighted by molar-refractivity contribution is 0.467. The molecule has 102 valence electrons. The van der Waals surface area contributed by atoms with Crippen LogP contribution in [-0.4, -0.2) is 10.2 Å².